The largest absolute Gasteiger partial charge is 0.489 e. The summed E-state index contributed by atoms with van der Waals surface area (Å²) in [7, 11) is 0. The molecule has 0 aromatic heterocycles. The summed E-state index contributed by atoms with van der Waals surface area (Å²) < 4.78 is 55.1. The van der Waals surface area contributed by atoms with Crippen LogP contribution in [0.3, 0.4) is 0 Å². The van der Waals surface area contributed by atoms with Crippen molar-refractivity contribution in [1.82, 2.24) is 0 Å². The Morgan fingerprint density at radius 2 is 1.01 bits per heavy atom. The van der Waals surface area contributed by atoms with E-state index in [0.29, 0.717) is 97.5 Å². The second-order valence-electron chi connectivity index (χ2n) is 17.5. The Morgan fingerprint density at radius 3 is 1.60 bits per heavy atom. The molecule has 17 heteroatoms. The molecule has 0 bridgehead atoms. The van der Waals surface area contributed by atoms with Gasteiger partial charge in [0.25, 0.3) is 0 Å². The van der Waals surface area contributed by atoms with Gasteiger partial charge in [0.15, 0.2) is 6.10 Å². The van der Waals surface area contributed by atoms with E-state index in [-0.39, 0.29) is 51.0 Å². The lowest BCUT2D eigenvalue weighted by Crippen LogP contribution is -2.29. The molecular formula is C60H68O17. The number of unbranched alkanes of at least 4 members (excludes halogenated alkanes) is 2. The first-order valence-corrected chi connectivity index (χ1v) is 25.1. The zero-order chi connectivity index (χ0) is 56.1. The lowest BCUT2D eigenvalue weighted by molar-refractivity contribution is -0.148. The van der Waals surface area contributed by atoms with Crippen molar-refractivity contribution >= 4 is 41.8 Å². The molecule has 0 spiro atoms. The average Bonchev–Trinajstić information content (AvgIpc) is 3.41. The lowest BCUT2D eigenvalue weighted by Gasteiger charge is -2.19. The molecule has 0 saturated heterocycles. The zero-order valence-corrected chi connectivity index (χ0v) is 44.3. The number of hydrogen-bond acceptors (Lipinski definition) is 17. The van der Waals surface area contributed by atoms with Gasteiger partial charge in [-0.2, -0.15) is 0 Å². The van der Waals surface area contributed by atoms with Crippen molar-refractivity contribution in [3.8, 4) is 17.2 Å². The predicted octanol–water partition coefficient (Wildman–Crippen LogP) is 9.32. The monoisotopic (exact) mass is 1060 g/mol. The van der Waals surface area contributed by atoms with E-state index in [9.17, 15) is 33.6 Å². The Labute approximate surface area is 449 Å². The zero-order valence-electron chi connectivity index (χ0n) is 44.3. The highest BCUT2D eigenvalue weighted by atomic mass is 16.6. The molecule has 0 aliphatic carbocycles. The first-order valence-electron chi connectivity index (χ1n) is 25.1. The number of rotatable bonds is 34. The molecule has 0 aliphatic rings. The normalized spacial score (nSPS) is 11.4. The van der Waals surface area contributed by atoms with E-state index in [1.165, 1.54) is 12.1 Å². The van der Waals surface area contributed by atoms with E-state index in [2.05, 4.69) is 26.3 Å². The van der Waals surface area contributed by atoms with Crippen molar-refractivity contribution in [2.24, 2.45) is 0 Å². The van der Waals surface area contributed by atoms with Crippen LogP contribution in [-0.2, 0) is 65.2 Å². The topological polar surface area (TPSA) is 212 Å². The van der Waals surface area contributed by atoms with Gasteiger partial charge >= 0.3 is 41.8 Å². The third kappa shape index (κ3) is 21.9. The highest BCUT2D eigenvalue weighted by Gasteiger charge is 2.20. The van der Waals surface area contributed by atoms with Crippen LogP contribution < -0.4 is 14.2 Å². The van der Waals surface area contributed by atoms with E-state index in [4.69, 9.17) is 47.4 Å². The molecule has 0 radical (unpaired) electrons. The summed E-state index contributed by atoms with van der Waals surface area (Å²) in [5, 5.41) is 0. The quantitative estimate of drug-likeness (QED) is 0.0140. The molecule has 2 unspecified atom stereocenters. The third-order valence-corrected chi connectivity index (χ3v) is 11.5. The Bertz CT molecular complexity index is 2720. The molecule has 4 aromatic rings. The predicted molar refractivity (Wildman–Crippen MR) is 285 cm³/mol. The van der Waals surface area contributed by atoms with E-state index in [1.807, 2.05) is 26.0 Å². The Balaban J connectivity index is 1.22. The summed E-state index contributed by atoms with van der Waals surface area (Å²) in [6.45, 7) is 22.3. The fourth-order valence-electron chi connectivity index (χ4n) is 7.34. The second-order valence-corrected chi connectivity index (χ2v) is 17.5. The molecule has 77 heavy (non-hydrogen) atoms. The highest BCUT2D eigenvalue weighted by Crippen LogP contribution is 2.25. The van der Waals surface area contributed by atoms with Gasteiger partial charge in [-0.05, 0) is 154 Å². The number of ether oxygens (including phenoxy) is 10. The van der Waals surface area contributed by atoms with Crippen LogP contribution in [0.15, 0.2) is 123 Å². The maximum Gasteiger partial charge on any atom is 0.343 e. The van der Waals surface area contributed by atoms with Crippen molar-refractivity contribution < 1.29 is 80.9 Å². The summed E-state index contributed by atoms with van der Waals surface area (Å²) in [6.07, 6.45) is 6.95. The molecule has 4 aromatic carbocycles. The molecule has 0 fully saturated rings. The van der Waals surface area contributed by atoms with Crippen LogP contribution >= 0.6 is 0 Å². The van der Waals surface area contributed by atoms with E-state index < -0.39 is 54.0 Å². The third-order valence-electron chi connectivity index (χ3n) is 11.5. The molecule has 0 heterocycles. The van der Waals surface area contributed by atoms with Gasteiger partial charge < -0.3 is 47.4 Å². The summed E-state index contributed by atoms with van der Waals surface area (Å²) in [4.78, 5) is 85.8. The van der Waals surface area contributed by atoms with Crippen LogP contribution in [0, 0.1) is 27.7 Å². The number of carbonyl (C=O) groups is 7. The second kappa shape index (κ2) is 33.0. The first kappa shape index (κ1) is 61.4. The van der Waals surface area contributed by atoms with Gasteiger partial charge in [0, 0.05) is 43.9 Å². The Hall–Kier alpha value is -8.15. The van der Waals surface area contributed by atoms with E-state index in [0.717, 1.165) is 41.0 Å². The summed E-state index contributed by atoms with van der Waals surface area (Å²) in [5.74, 6) is -2.82. The van der Waals surface area contributed by atoms with Gasteiger partial charge in [-0.3, -0.25) is 0 Å². The fourth-order valence-corrected chi connectivity index (χ4v) is 7.34. The molecule has 2 atom stereocenters. The van der Waals surface area contributed by atoms with Gasteiger partial charge in [-0.25, -0.2) is 33.6 Å². The minimum Gasteiger partial charge on any atom is -0.489 e. The van der Waals surface area contributed by atoms with Gasteiger partial charge in [0.05, 0.1) is 49.7 Å². The number of benzene rings is 4. The Kier molecular flexibility index (Phi) is 26.3. The van der Waals surface area contributed by atoms with Gasteiger partial charge in [-0.1, -0.05) is 44.5 Å². The summed E-state index contributed by atoms with van der Waals surface area (Å²) >= 11 is 0. The van der Waals surface area contributed by atoms with Crippen LogP contribution in [0.25, 0.3) is 0 Å². The van der Waals surface area contributed by atoms with Gasteiger partial charge in [-0.15, -0.1) is 0 Å². The van der Waals surface area contributed by atoms with Gasteiger partial charge in [0.2, 0.25) is 0 Å². The summed E-state index contributed by atoms with van der Waals surface area (Å²) in [6, 6.07) is 20.0. The van der Waals surface area contributed by atoms with Crippen LogP contribution in [-0.4, -0.2) is 107 Å². The van der Waals surface area contributed by atoms with E-state index >= 15 is 0 Å². The lowest BCUT2D eigenvalue weighted by atomic mass is 9.99. The van der Waals surface area contributed by atoms with Crippen LogP contribution in [0.4, 0.5) is 0 Å². The molecule has 0 saturated carbocycles. The minimum atomic E-state index is -0.753. The highest BCUT2D eigenvalue weighted by molar-refractivity contribution is 5.93. The maximum absolute atomic E-state index is 13.3. The molecule has 0 N–H and O–H groups in total. The molecule has 410 valence electrons. The molecule has 4 rings (SSSR count). The first-order chi connectivity index (χ1) is 37.0. The fraction of sp³-hybridized carbons (Fsp3) is 0.350. The molecule has 0 aliphatic heterocycles. The van der Waals surface area contributed by atoms with Crippen molar-refractivity contribution in [1.29, 1.82) is 0 Å². The number of aryl methyl sites for hydroxylation is 5. The average molecular weight is 1060 g/mol. The summed E-state index contributed by atoms with van der Waals surface area (Å²) in [5.41, 5.74) is 5.47. The van der Waals surface area contributed by atoms with Gasteiger partial charge in [0.1, 0.15) is 30.0 Å². The Morgan fingerprint density at radius 1 is 0.468 bits per heavy atom. The SMILES string of the molecule is C=CC(=O)OCCCCOCC(CCc1ccc(C(=O)Oc2ccc(CCOC(=O)c3ccc(OC(=O)c4ccc(OCC(COCCCCOC(=O)C=C)OC(=O)C=C)c(C)c4)cc3C)cc2C)cc1C)OC(=O)C=C. The van der Waals surface area contributed by atoms with Crippen LogP contribution in [0.5, 0.6) is 17.2 Å². The van der Waals surface area contributed by atoms with Crippen LogP contribution in [0.1, 0.15) is 96.6 Å². The number of hydrogen-bond donors (Lipinski definition) is 0. The number of esters is 7. The molecule has 0 amide bonds. The standard InChI is InChI=1S/C60H68O17/c1-9-54(61)70-30-15-13-28-68-37-49(74-56(63)11-3)22-20-45-18-19-46(34-40(45)5)59(66)77-53-25-17-44(33-42(53)7)27-32-72-60(67)51-24-23-48(36-41(51)6)76-58(65)47-21-26-52(43(8)35-47)73-39-50(75-57(64)12-4)38-69-29-14-16-31-71-55(62)10-2/h9-12,17-19,21,23-26,33-36,49-50H,1-4,13-16,20,22,27-32,37-39H2,5-8H3. The molecule has 17 nitrogen and oxygen atoms in total. The van der Waals surface area contributed by atoms with Crippen molar-refractivity contribution in [3.05, 3.63) is 173 Å². The van der Waals surface area contributed by atoms with Crippen LogP contribution in [0.2, 0.25) is 0 Å². The van der Waals surface area contributed by atoms with Crippen molar-refractivity contribution in [2.45, 2.75) is 84.8 Å². The van der Waals surface area contributed by atoms with E-state index in [1.54, 1.807) is 62.4 Å². The maximum atomic E-state index is 13.3. The van der Waals surface area contributed by atoms with Crippen molar-refractivity contribution in [2.75, 3.05) is 52.9 Å². The molecular weight excluding hydrogens is 993 g/mol. The van der Waals surface area contributed by atoms with Crippen molar-refractivity contribution in [3.63, 3.8) is 0 Å². The number of carbonyl (C=O) groups excluding carboxylic acids is 7. The minimum absolute atomic E-state index is 0.0357. The smallest absolute Gasteiger partial charge is 0.343 e.